The Morgan fingerprint density at radius 2 is 1.91 bits per heavy atom. The number of rotatable bonds is 0. The molecule has 62 valence electrons. The zero-order valence-electron chi connectivity index (χ0n) is 6.92. The van der Waals surface area contributed by atoms with Gasteiger partial charge in [-0.3, -0.25) is 4.79 Å². The first-order chi connectivity index (χ1) is 4.63. The number of aromatic nitrogens is 1. The van der Waals surface area contributed by atoms with E-state index in [0.29, 0.717) is 0 Å². The third kappa shape index (κ3) is 1.84. The molecule has 0 aliphatic heterocycles. The highest BCUT2D eigenvalue weighted by Gasteiger charge is 1.96. The molecule has 1 rings (SSSR count). The van der Waals surface area contributed by atoms with Gasteiger partial charge >= 0.3 is 0 Å². The Bertz CT molecular complexity index is 303. The first-order valence-electron chi connectivity index (χ1n) is 3.26. The molecule has 0 saturated carbocycles. The lowest BCUT2D eigenvalue weighted by Crippen LogP contribution is -2.18. The summed E-state index contributed by atoms with van der Waals surface area (Å²) in [6.45, 7) is 3.79. The Labute approximate surface area is 72.3 Å². The van der Waals surface area contributed by atoms with Crippen molar-refractivity contribution < 1.29 is 0 Å². The van der Waals surface area contributed by atoms with Crippen LogP contribution in [0.3, 0.4) is 0 Å². The van der Waals surface area contributed by atoms with Gasteiger partial charge in [0.25, 0.3) is 5.56 Å². The second-order valence-electron chi connectivity index (χ2n) is 2.54. The summed E-state index contributed by atoms with van der Waals surface area (Å²) in [5.41, 5.74) is 1.99. The maximum atomic E-state index is 11.2. The van der Waals surface area contributed by atoms with Crippen LogP contribution in [0.5, 0.6) is 0 Å². The summed E-state index contributed by atoms with van der Waals surface area (Å²) in [6.07, 6.45) is 1.78. The normalized spacial score (nSPS) is 9.00. The molecule has 1 aromatic heterocycles. The number of hydrogen-bond acceptors (Lipinski definition) is 1. The maximum absolute atomic E-state index is 11.2. The van der Waals surface area contributed by atoms with E-state index in [1.165, 1.54) is 0 Å². The molecule has 0 radical (unpaired) electrons. The van der Waals surface area contributed by atoms with Crippen molar-refractivity contribution in [3.05, 3.63) is 33.7 Å². The molecule has 0 aliphatic carbocycles. The van der Waals surface area contributed by atoms with Crippen LogP contribution in [-0.2, 0) is 7.05 Å². The molecule has 0 amide bonds. The van der Waals surface area contributed by atoms with Crippen molar-refractivity contribution >= 4 is 12.4 Å². The lowest BCUT2D eigenvalue weighted by atomic mass is 10.2. The van der Waals surface area contributed by atoms with Gasteiger partial charge in [-0.1, -0.05) is 0 Å². The van der Waals surface area contributed by atoms with Crippen molar-refractivity contribution in [2.24, 2.45) is 7.05 Å². The minimum absolute atomic E-state index is 0. The van der Waals surface area contributed by atoms with E-state index in [1.807, 2.05) is 19.9 Å². The van der Waals surface area contributed by atoms with E-state index in [9.17, 15) is 4.79 Å². The molecule has 0 aromatic carbocycles. The van der Waals surface area contributed by atoms with Crippen molar-refractivity contribution in [3.8, 4) is 0 Å². The fourth-order valence-electron chi connectivity index (χ4n) is 0.850. The summed E-state index contributed by atoms with van der Waals surface area (Å²) in [7, 11) is 1.76. The van der Waals surface area contributed by atoms with Gasteiger partial charge in [-0.15, -0.1) is 12.4 Å². The quantitative estimate of drug-likeness (QED) is 0.582. The average Bonchev–Trinajstić information content (AvgIpc) is 1.93. The van der Waals surface area contributed by atoms with Crippen molar-refractivity contribution in [1.82, 2.24) is 4.57 Å². The molecule has 0 N–H and O–H groups in total. The molecule has 1 aromatic rings. The first-order valence-corrected chi connectivity index (χ1v) is 3.26. The summed E-state index contributed by atoms with van der Waals surface area (Å²) >= 11 is 0. The van der Waals surface area contributed by atoms with Gasteiger partial charge in [-0.2, -0.15) is 0 Å². The van der Waals surface area contributed by atoms with E-state index in [4.69, 9.17) is 0 Å². The SMILES string of the molecule is Cc1ccn(C)c(=O)c1C.Cl. The Balaban J connectivity index is 0.000001000. The second kappa shape index (κ2) is 3.58. The van der Waals surface area contributed by atoms with Crippen molar-refractivity contribution in [1.29, 1.82) is 0 Å². The van der Waals surface area contributed by atoms with Gasteiger partial charge in [0, 0.05) is 18.8 Å². The van der Waals surface area contributed by atoms with Crippen LogP contribution in [0.15, 0.2) is 17.1 Å². The molecule has 0 unspecified atom stereocenters. The van der Waals surface area contributed by atoms with E-state index in [-0.39, 0.29) is 18.0 Å². The summed E-state index contributed by atoms with van der Waals surface area (Å²) in [5.74, 6) is 0. The Hall–Kier alpha value is -0.760. The third-order valence-corrected chi connectivity index (χ3v) is 1.78. The number of halogens is 1. The number of hydrogen-bond donors (Lipinski definition) is 0. The second-order valence-corrected chi connectivity index (χ2v) is 2.54. The average molecular weight is 174 g/mol. The zero-order valence-corrected chi connectivity index (χ0v) is 7.73. The Kier molecular flexibility index (Phi) is 3.33. The van der Waals surface area contributed by atoms with Crippen LogP contribution < -0.4 is 5.56 Å². The molecule has 3 heteroatoms. The smallest absolute Gasteiger partial charge is 0.253 e. The summed E-state index contributed by atoms with van der Waals surface area (Å²) in [5, 5.41) is 0. The predicted molar refractivity (Wildman–Crippen MR) is 48.4 cm³/mol. The molecule has 0 spiro atoms. The zero-order chi connectivity index (χ0) is 7.72. The minimum atomic E-state index is 0. The van der Waals surface area contributed by atoms with E-state index in [2.05, 4.69) is 0 Å². The van der Waals surface area contributed by atoms with Gasteiger partial charge < -0.3 is 4.57 Å². The van der Waals surface area contributed by atoms with Crippen LogP contribution in [0, 0.1) is 13.8 Å². The fraction of sp³-hybridized carbons (Fsp3) is 0.375. The molecule has 0 atom stereocenters. The van der Waals surface area contributed by atoms with E-state index >= 15 is 0 Å². The highest BCUT2D eigenvalue weighted by molar-refractivity contribution is 5.85. The molecule has 0 bridgehead atoms. The van der Waals surface area contributed by atoms with Crippen LogP contribution in [0.4, 0.5) is 0 Å². The van der Waals surface area contributed by atoms with Gasteiger partial charge in [-0.25, -0.2) is 0 Å². The first kappa shape index (κ1) is 10.2. The van der Waals surface area contributed by atoms with Crippen LogP contribution in [0.25, 0.3) is 0 Å². The highest BCUT2D eigenvalue weighted by Crippen LogP contribution is 1.97. The Morgan fingerprint density at radius 1 is 1.36 bits per heavy atom. The van der Waals surface area contributed by atoms with Gasteiger partial charge in [0.2, 0.25) is 0 Å². The van der Waals surface area contributed by atoms with Gasteiger partial charge in [0.1, 0.15) is 0 Å². The van der Waals surface area contributed by atoms with Gasteiger partial charge in [0.15, 0.2) is 0 Å². The highest BCUT2D eigenvalue weighted by atomic mass is 35.5. The van der Waals surface area contributed by atoms with Crippen molar-refractivity contribution in [2.75, 3.05) is 0 Å². The fourth-order valence-corrected chi connectivity index (χ4v) is 0.850. The monoisotopic (exact) mass is 173 g/mol. The largest absolute Gasteiger partial charge is 0.318 e. The third-order valence-electron chi connectivity index (χ3n) is 1.78. The summed E-state index contributed by atoms with van der Waals surface area (Å²) in [4.78, 5) is 11.2. The Morgan fingerprint density at radius 3 is 2.36 bits per heavy atom. The predicted octanol–water partition coefficient (Wildman–Crippen LogP) is 1.42. The number of aryl methyl sites for hydroxylation is 2. The summed E-state index contributed by atoms with van der Waals surface area (Å²) < 4.78 is 1.59. The van der Waals surface area contributed by atoms with Crippen LogP contribution in [-0.4, -0.2) is 4.57 Å². The number of pyridine rings is 1. The molecular weight excluding hydrogens is 162 g/mol. The number of nitrogens with zero attached hydrogens (tertiary/aromatic N) is 1. The van der Waals surface area contributed by atoms with E-state index in [1.54, 1.807) is 17.8 Å². The summed E-state index contributed by atoms with van der Waals surface area (Å²) in [6, 6.07) is 1.94. The molecule has 0 fully saturated rings. The standard InChI is InChI=1S/C8H11NO.ClH/c1-6-4-5-9(3)8(10)7(6)2;/h4-5H,1-3H3;1H. The van der Waals surface area contributed by atoms with E-state index in [0.717, 1.165) is 11.1 Å². The molecule has 2 nitrogen and oxygen atoms in total. The molecule has 0 saturated heterocycles. The minimum Gasteiger partial charge on any atom is -0.318 e. The molecular formula is C8H12ClNO. The molecule has 0 aliphatic rings. The molecule has 1 heterocycles. The molecule has 11 heavy (non-hydrogen) atoms. The van der Waals surface area contributed by atoms with Crippen LogP contribution in [0.1, 0.15) is 11.1 Å². The van der Waals surface area contributed by atoms with Crippen LogP contribution >= 0.6 is 12.4 Å². The van der Waals surface area contributed by atoms with Crippen molar-refractivity contribution in [3.63, 3.8) is 0 Å². The van der Waals surface area contributed by atoms with Crippen molar-refractivity contribution in [2.45, 2.75) is 13.8 Å². The lowest BCUT2D eigenvalue weighted by molar-refractivity contribution is 0.843. The van der Waals surface area contributed by atoms with Gasteiger partial charge in [0.05, 0.1) is 0 Å². The van der Waals surface area contributed by atoms with E-state index < -0.39 is 0 Å². The maximum Gasteiger partial charge on any atom is 0.253 e. The lowest BCUT2D eigenvalue weighted by Gasteiger charge is -2.00. The topological polar surface area (TPSA) is 22.0 Å². The van der Waals surface area contributed by atoms with Gasteiger partial charge in [-0.05, 0) is 25.5 Å². The van der Waals surface area contributed by atoms with Crippen LogP contribution in [0.2, 0.25) is 0 Å².